The van der Waals surface area contributed by atoms with Crippen LogP contribution in [-0.2, 0) is 4.84 Å². The van der Waals surface area contributed by atoms with Gasteiger partial charge in [-0.05, 0) is 24.7 Å². The number of carbonyl (C=O) groups is 1. The predicted octanol–water partition coefficient (Wildman–Crippen LogP) is 2.06. The molecule has 2 amide bonds. The molecule has 1 saturated carbocycles. The summed E-state index contributed by atoms with van der Waals surface area (Å²) in [5.41, 5.74) is 2.29. The highest BCUT2D eigenvalue weighted by Crippen LogP contribution is 2.29. The molecule has 0 aromatic carbocycles. The van der Waals surface area contributed by atoms with Gasteiger partial charge in [0.15, 0.2) is 0 Å². The minimum absolute atomic E-state index is 0.230. The van der Waals surface area contributed by atoms with E-state index < -0.39 is 0 Å². The predicted molar refractivity (Wildman–Crippen MR) is 59.3 cm³/mol. The van der Waals surface area contributed by atoms with E-state index in [1.165, 1.54) is 20.0 Å². The number of amides is 2. The minimum Gasteiger partial charge on any atom is -0.334 e. The van der Waals surface area contributed by atoms with Crippen molar-refractivity contribution in [3.63, 3.8) is 0 Å². The molecule has 2 atom stereocenters. The molecule has 0 saturated heterocycles. The Hall–Kier alpha value is -0.770. The SMILES string of the molecule is CONC(=O)N[C@@H]1CCC[C@@H](C(C)C)C1. The molecular formula is C11H22N2O2. The molecule has 4 nitrogen and oxygen atoms in total. The Morgan fingerprint density at radius 1 is 1.40 bits per heavy atom. The van der Waals surface area contributed by atoms with Crippen molar-refractivity contribution in [2.75, 3.05) is 7.11 Å². The van der Waals surface area contributed by atoms with Gasteiger partial charge >= 0.3 is 6.03 Å². The average Bonchev–Trinajstić information content (AvgIpc) is 2.18. The largest absolute Gasteiger partial charge is 0.338 e. The first kappa shape index (κ1) is 12.3. The lowest BCUT2D eigenvalue weighted by molar-refractivity contribution is 0.103. The quantitative estimate of drug-likeness (QED) is 0.706. The molecule has 88 valence electrons. The van der Waals surface area contributed by atoms with Crippen molar-refractivity contribution in [1.82, 2.24) is 10.8 Å². The molecule has 2 N–H and O–H groups in total. The Bertz CT molecular complexity index is 207. The van der Waals surface area contributed by atoms with Crippen LogP contribution in [0.3, 0.4) is 0 Å². The summed E-state index contributed by atoms with van der Waals surface area (Å²) in [5, 5.41) is 2.93. The number of nitrogens with one attached hydrogen (secondary N) is 2. The molecule has 0 aliphatic heterocycles. The fourth-order valence-corrected chi connectivity index (χ4v) is 2.27. The summed E-state index contributed by atoms with van der Waals surface area (Å²) in [6.07, 6.45) is 4.68. The highest BCUT2D eigenvalue weighted by atomic mass is 16.6. The van der Waals surface area contributed by atoms with E-state index in [9.17, 15) is 4.79 Å². The first-order valence-corrected chi connectivity index (χ1v) is 5.73. The van der Waals surface area contributed by atoms with Gasteiger partial charge in [-0.2, -0.15) is 0 Å². The van der Waals surface area contributed by atoms with Gasteiger partial charge in [-0.25, -0.2) is 10.3 Å². The number of hydroxylamine groups is 1. The van der Waals surface area contributed by atoms with Crippen LogP contribution in [0.25, 0.3) is 0 Å². The van der Waals surface area contributed by atoms with Crippen LogP contribution in [0, 0.1) is 11.8 Å². The van der Waals surface area contributed by atoms with Gasteiger partial charge in [0.25, 0.3) is 0 Å². The molecule has 0 aromatic rings. The van der Waals surface area contributed by atoms with Gasteiger partial charge in [-0.1, -0.05) is 26.7 Å². The molecule has 15 heavy (non-hydrogen) atoms. The van der Waals surface area contributed by atoms with E-state index in [4.69, 9.17) is 0 Å². The Labute approximate surface area is 91.7 Å². The molecule has 0 aromatic heterocycles. The monoisotopic (exact) mass is 214 g/mol. The minimum atomic E-state index is -0.230. The maximum atomic E-state index is 11.2. The van der Waals surface area contributed by atoms with Crippen molar-refractivity contribution >= 4 is 6.03 Å². The van der Waals surface area contributed by atoms with Crippen LogP contribution in [-0.4, -0.2) is 19.2 Å². The maximum absolute atomic E-state index is 11.2. The van der Waals surface area contributed by atoms with Gasteiger partial charge in [0, 0.05) is 6.04 Å². The Balaban J connectivity index is 2.33. The standard InChI is InChI=1S/C11H22N2O2/c1-8(2)9-5-4-6-10(7-9)12-11(14)13-15-3/h8-10H,4-7H2,1-3H3,(H2,12,13,14)/t9-,10-/m1/s1. The van der Waals surface area contributed by atoms with Gasteiger partial charge in [-0.15, -0.1) is 0 Å². The third-order valence-corrected chi connectivity index (χ3v) is 3.19. The maximum Gasteiger partial charge on any atom is 0.338 e. The molecule has 1 aliphatic carbocycles. The number of rotatable bonds is 3. The molecular weight excluding hydrogens is 192 g/mol. The molecule has 4 heteroatoms. The van der Waals surface area contributed by atoms with E-state index in [1.807, 2.05) is 0 Å². The zero-order valence-electron chi connectivity index (χ0n) is 9.88. The van der Waals surface area contributed by atoms with Gasteiger partial charge in [0.1, 0.15) is 0 Å². The summed E-state index contributed by atoms with van der Waals surface area (Å²) in [6, 6.07) is 0.0770. The average molecular weight is 214 g/mol. The summed E-state index contributed by atoms with van der Waals surface area (Å²) in [5.74, 6) is 1.45. The zero-order chi connectivity index (χ0) is 11.3. The van der Waals surface area contributed by atoms with Crippen LogP contribution >= 0.6 is 0 Å². The summed E-state index contributed by atoms with van der Waals surface area (Å²) >= 11 is 0. The van der Waals surface area contributed by atoms with Crippen molar-refractivity contribution < 1.29 is 9.63 Å². The lowest BCUT2D eigenvalue weighted by Crippen LogP contribution is -2.44. The molecule has 0 bridgehead atoms. The number of carbonyl (C=O) groups excluding carboxylic acids is 1. The van der Waals surface area contributed by atoms with E-state index in [0.29, 0.717) is 12.0 Å². The van der Waals surface area contributed by atoms with Gasteiger partial charge in [0.05, 0.1) is 7.11 Å². The van der Waals surface area contributed by atoms with Crippen LogP contribution in [0.1, 0.15) is 39.5 Å². The molecule has 0 unspecified atom stereocenters. The van der Waals surface area contributed by atoms with Crippen LogP contribution in [0.15, 0.2) is 0 Å². The molecule has 1 fully saturated rings. The summed E-state index contributed by atoms with van der Waals surface area (Å²) < 4.78 is 0. The topological polar surface area (TPSA) is 50.4 Å². The second-order valence-corrected chi connectivity index (χ2v) is 4.65. The zero-order valence-corrected chi connectivity index (χ0v) is 9.88. The van der Waals surface area contributed by atoms with Crippen LogP contribution in [0.2, 0.25) is 0 Å². The van der Waals surface area contributed by atoms with Crippen molar-refractivity contribution in [2.45, 2.75) is 45.6 Å². The van der Waals surface area contributed by atoms with E-state index in [-0.39, 0.29) is 6.03 Å². The first-order chi connectivity index (χ1) is 7.13. The first-order valence-electron chi connectivity index (χ1n) is 5.73. The number of urea groups is 1. The normalized spacial score (nSPS) is 26.4. The lowest BCUT2D eigenvalue weighted by Gasteiger charge is -2.31. The lowest BCUT2D eigenvalue weighted by atomic mass is 9.79. The van der Waals surface area contributed by atoms with Crippen molar-refractivity contribution in [3.05, 3.63) is 0 Å². The van der Waals surface area contributed by atoms with Gasteiger partial charge in [0.2, 0.25) is 0 Å². The van der Waals surface area contributed by atoms with Crippen LogP contribution < -0.4 is 10.8 Å². The number of hydrogen-bond donors (Lipinski definition) is 2. The highest BCUT2D eigenvalue weighted by Gasteiger charge is 2.24. The van der Waals surface area contributed by atoms with Crippen molar-refractivity contribution in [3.8, 4) is 0 Å². The highest BCUT2D eigenvalue weighted by molar-refractivity contribution is 5.72. The second-order valence-electron chi connectivity index (χ2n) is 4.65. The summed E-state index contributed by atoms with van der Waals surface area (Å²) in [6.45, 7) is 4.50. The number of hydrogen-bond acceptors (Lipinski definition) is 2. The molecule has 0 radical (unpaired) electrons. The molecule has 1 rings (SSSR count). The Kier molecular flexibility index (Phi) is 4.88. The third-order valence-electron chi connectivity index (χ3n) is 3.19. The van der Waals surface area contributed by atoms with E-state index in [2.05, 4.69) is 29.5 Å². The Morgan fingerprint density at radius 3 is 2.73 bits per heavy atom. The van der Waals surface area contributed by atoms with Crippen LogP contribution in [0.4, 0.5) is 4.79 Å². The van der Waals surface area contributed by atoms with E-state index in [0.717, 1.165) is 18.8 Å². The molecule has 0 heterocycles. The molecule has 0 spiro atoms. The van der Waals surface area contributed by atoms with Crippen molar-refractivity contribution in [2.24, 2.45) is 11.8 Å². The van der Waals surface area contributed by atoms with E-state index >= 15 is 0 Å². The van der Waals surface area contributed by atoms with Gasteiger partial charge in [-0.3, -0.25) is 4.84 Å². The van der Waals surface area contributed by atoms with Gasteiger partial charge < -0.3 is 5.32 Å². The van der Waals surface area contributed by atoms with Crippen LogP contribution in [0.5, 0.6) is 0 Å². The summed E-state index contributed by atoms with van der Waals surface area (Å²) in [7, 11) is 1.44. The smallest absolute Gasteiger partial charge is 0.334 e. The fraction of sp³-hybridized carbons (Fsp3) is 0.909. The van der Waals surface area contributed by atoms with Crippen molar-refractivity contribution in [1.29, 1.82) is 0 Å². The molecule has 1 aliphatic rings. The Morgan fingerprint density at radius 2 is 2.13 bits per heavy atom. The second kappa shape index (κ2) is 5.95. The third kappa shape index (κ3) is 4.08. The fourth-order valence-electron chi connectivity index (χ4n) is 2.27. The van der Waals surface area contributed by atoms with E-state index in [1.54, 1.807) is 0 Å². The summed E-state index contributed by atoms with van der Waals surface area (Å²) in [4.78, 5) is 15.8.